The quantitative estimate of drug-likeness (QED) is 0.738. The second-order valence-corrected chi connectivity index (χ2v) is 5.69. The molecule has 0 unspecified atom stereocenters. The van der Waals surface area contributed by atoms with Crippen LogP contribution in [0.4, 0.5) is 5.69 Å². The second-order valence-electron chi connectivity index (χ2n) is 5.28. The van der Waals surface area contributed by atoms with Gasteiger partial charge in [0.2, 0.25) is 0 Å². The first-order valence-corrected chi connectivity index (χ1v) is 7.52. The summed E-state index contributed by atoms with van der Waals surface area (Å²) in [5.41, 5.74) is 2.91. The lowest BCUT2D eigenvalue weighted by atomic mass is 10.1. The SMILES string of the molecule is COc1ccc2oc(C(=O)Nc3cccc(Cl)c3C)c(C)c2c1. The molecule has 1 heterocycles. The number of aryl methyl sites for hydroxylation is 1. The second kappa shape index (κ2) is 5.97. The molecule has 3 rings (SSSR count). The van der Waals surface area contributed by atoms with Crippen molar-refractivity contribution in [2.75, 3.05) is 12.4 Å². The van der Waals surface area contributed by atoms with E-state index in [1.807, 2.05) is 19.9 Å². The van der Waals surface area contributed by atoms with E-state index in [2.05, 4.69) is 5.32 Å². The van der Waals surface area contributed by atoms with Gasteiger partial charge in [-0.05, 0) is 49.7 Å². The number of halogens is 1. The Kier molecular flexibility index (Phi) is 4.01. The summed E-state index contributed by atoms with van der Waals surface area (Å²) >= 11 is 6.08. The van der Waals surface area contributed by atoms with E-state index in [4.69, 9.17) is 20.8 Å². The molecular weight excluding hydrogens is 314 g/mol. The molecule has 0 saturated carbocycles. The molecule has 23 heavy (non-hydrogen) atoms. The summed E-state index contributed by atoms with van der Waals surface area (Å²) in [5.74, 6) is 0.703. The fourth-order valence-corrected chi connectivity index (χ4v) is 2.64. The Morgan fingerprint density at radius 3 is 2.70 bits per heavy atom. The van der Waals surface area contributed by atoms with Crippen LogP contribution in [0.3, 0.4) is 0 Å². The Balaban J connectivity index is 1.98. The molecule has 1 N–H and O–H groups in total. The summed E-state index contributed by atoms with van der Waals surface area (Å²) in [6.45, 7) is 3.71. The van der Waals surface area contributed by atoms with Gasteiger partial charge in [-0.15, -0.1) is 0 Å². The van der Waals surface area contributed by atoms with E-state index in [0.717, 1.165) is 22.3 Å². The van der Waals surface area contributed by atoms with Crippen LogP contribution in [0.5, 0.6) is 5.75 Å². The first-order valence-electron chi connectivity index (χ1n) is 7.15. The van der Waals surface area contributed by atoms with Crippen molar-refractivity contribution in [2.45, 2.75) is 13.8 Å². The van der Waals surface area contributed by atoms with Gasteiger partial charge in [-0.3, -0.25) is 4.79 Å². The lowest BCUT2D eigenvalue weighted by molar-refractivity contribution is 0.0998. The van der Waals surface area contributed by atoms with Gasteiger partial charge in [-0.2, -0.15) is 0 Å². The Bertz CT molecular complexity index is 899. The van der Waals surface area contributed by atoms with Crippen LogP contribution in [0.2, 0.25) is 5.02 Å². The number of rotatable bonds is 3. The van der Waals surface area contributed by atoms with Crippen LogP contribution in [0, 0.1) is 13.8 Å². The number of benzene rings is 2. The van der Waals surface area contributed by atoms with Crippen LogP contribution in [-0.4, -0.2) is 13.0 Å². The summed E-state index contributed by atoms with van der Waals surface area (Å²) in [5, 5.41) is 4.31. The van der Waals surface area contributed by atoms with Crippen molar-refractivity contribution < 1.29 is 13.9 Å². The Hall–Kier alpha value is -2.46. The van der Waals surface area contributed by atoms with Gasteiger partial charge in [-0.1, -0.05) is 17.7 Å². The highest BCUT2D eigenvalue weighted by Crippen LogP contribution is 2.30. The largest absolute Gasteiger partial charge is 0.497 e. The molecule has 0 spiro atoms. The summed E-state index contributed by atoms with van der Waals surface area (Å²) < 4.78 is 10.9. The van der Waals surface area contributed by atoms with E-state index in [-0.39, 0.29) is 11.7 Å². The fraction of sp³-hybridized carbons (Fsp3) is 0.167. The van der Waals surface area contributed by atoms with Gasteiger partial charge in [0.05, 0.1) is 7.11 Å². The van der Waals surface area contributed by atoms with Gasteiger partial charge in [0.25, 0.3) is 5.91 Å². The zero-order chi connectivity index (χ0) is 16.6. The molecule has 0 fully saturated rings. The number of hydrogen-bond acceptors (Lipinski definition) is 3. The lowest BCUT2D eigenvalue weighted by Gasteiger charge is -2.08. The molecule has 0 bridgehead atoms. The number of methoxy groups -OCH3 is 1. The van der Waals surface area contributed by atoms with Crippen LogP contribution in [-0.2, 0) is 0 Å². The number of carbonyl (C=O) groups is 1. The van der Waals surface area contributed by atoms with Crippen molar-refractivity contribution in [1.29, 1.82) is 0 Å². The highest BCUT2D eigenvalue weighted by atomic mass is 35.5. The van der Waals surface area contributed by atoms with Crippen molar-refractivity contribution >= 4 is 34.2 Å². The number of fused-ring (bicyclic) bond motifs is 1. The van der Waals surface area contributed by atoms with Gasteiger partial charge < -0.3 is 14.5 Å². The molecule has 0 radical (unpaired) electrons. The first-order chi connectivity index (χ1) is 11.0. The highest BCUT2D eigenvalue weighted by Gasteiger charge is 2.19. The van der Waals surface area contributed by atoms with Crippen molar-refractivity contribution in [3.63, 3.8) is 0 Å². The first kappa shape index (κ1) is 15.4. The van der Waals surface area contributed by atoms with Crippen molar-refractivity contribution in [3.05, 3.63) is 58.3 Å². The van der Waals surface area contributed by atoms with Crippen LogP contribution in [0.25, 0.3) is 11.0 Å². The molecule has 1 amide bonds. The maximum Gasteiger partial charge on any atom is 0.291 e. The zero-order valence-electron chi connectivity index (χ0n) is 13.1. The highest BCUT2D eigenvalue weighted by molar-refractivity contribution is 6.31. The molecular formula is C18H16ClNO3. The average molecular weight is 330 g/mol. The standard InChI is InChI=1S/C18H16ClNO3/c1-10-13-9-12(22-3)7-8-16(13)23-17(10)18(21)20-15-6-4-5-14(19)11(15)2/h4-9H,1-3H3,(H,20,21). The number of anilines is 1. The van der Waals surface area contributed by atoms with Crippen LogP contribution in [0.1, 0.15) is 21.7 Å². The van der Waals surface area contributed by atoms with Crippen LogP contribution >= 0.6 is 11.6 Å². The Morgan fingerprint density at radius 2 is 1.96 bits per heavy atom. The minimum Gasteiger partial charge on any atom is -0.497 e. The molecule has 118 valence electrons. The predicted octanol–water partition coefficient (Wildman–Crippen LogP) is 4.96. The van der Waals surface area contributed by atoms with Crippen molar-refractivity contribution in [1.82, 2.24) is 0 Å². The minimum absolute atomic E-state index is 0.285. The van der Waals surface area contributed by atoms with E-state index >= 15 is 0 Å². The van der Waals surface area contributed by atoms with E-state index in [1.165, 1.54) is 0 Å². The summed E-state index contributed by atoms with van der Waals surface area (Å²) in [6.07, 6.45) is 0. The normalized spacial score (nSPS) is 10.8. The van der Waals surface area contributed by atoms with Crippen molar-refractivity contribution in [2.24, 2.45) is 0 Å². The maximum atomic E-state index is 12.5. The van der Waals surface area contributed by atoms with E-state index in [1.54, 1.807) is 37.4 Å². The topological polar surface area (TPSA) is 51.5 Å². The molecule has 2 aromatic carbocycles. The number of carbonyl (C=O) groups excluding carboxylic acids is 1. The van der Waals surface area contributed by atoms with Crippen LogP contribution in [0.15, 0.2) is 40.8 Å². The minimum atomic E-state index is -0.303. The molecule has 0 aliphatic carbocycles. The van der Waals surface area contributed by atoms with E-state index in [9.17, 15) is 4.79 Å². The molecule has 1 aromatic heterocycles. The Morgan fingerprint density at radius 1 is 1.17 bits per heavy atom. The lowest BCUT2D eigenvalue weighted by Crippen LogP contribution is -2.13. The molecule has 5 heteroatoms. The molecule has 0 saturated heterocycles. The average Bonchev–Trinajstić information content (AvgIpc) is 2.88. The van der Waals surface area contributed by atoms with Gasteiger partial charge >= 0.3 is 0 Å². The predicted molar refractivity (Wildman–Crippen MR) is 91.6 cm³/mol. The molecule has 4 nitrogen and oxygen atoms in total. The van der Waals surface area contributed by atoms with E-state index < -0.39 is 0 Å². The van der Waals surface area contributed by atoms with Crippen molar-refractivity contribution in [3.8, 4) is 5.75 Å². The fourth-order valence-electron chi connectivity index (χ4n) is 2.47. The summed E-state index contributed by atoms with van der Waals surface area (Å²) in [7, 11) is 1.60. The third-order valence-corrected chi connectivity index (χ3v) is 4.27. The molecule has 0 aliphatic heterocycles. The summed E-state index contributed by atoms with van der Waals surface area (Å²) in [6, 6.07) is 10.8. The van der Waals surface area contributed by atoms with E-state index in [0.29, 0.717) is 16.3 Å². The zero-order valence-corrected chi connectivity index (χ0v) is 13.8. The summed E-state index contributed by atoms with van der Waals surface area (Å²) in [4.78, 5) is 12.5. The van der Waals surface area contributed by atoms with Gasteiger partial charge in [0, 0.05) is 21.7 Å². The number of amides is 1. The molecule has 0 aliphatic rings. The number of ether oxygens (including phenoxy) is 1. The third kappa shape index (κ3) is 2.78. The molecule has 3 aromatic rings. The molecule has 0 atom stereocenters. The number of nitrogens with one attached hydrogen (secondary N) is 1. The number of hydrogen-bond donors (Lipinski definition) is 1. The number of furan rings is 1. The third-order valence-electron chi connectivity index (χ3n) is 3.87. The van der Waals surface area contributed by atoms with Gasteiger partial charge in [0.15, 0.2) is 5.76 Å². The van der Waals surface area contributed by atoms with Gasteiger partial charge in [-0.25, -0.2) is 0 Å². The van der Waals surface area contributed by atoms with Crippen LogP contribution < -0.4 is 10.1 Å². The van der Waals surface area contributed by atoms with Gasteiger partial charge in [0.1, 0.15) is 11.3 Å². The maximum absolute atomic E-state index is 12.5. The Labute approximate surface area is 139 Å². The monoisotopic (exact) mass is 329 g/mol. The smallest absolute Gasteiger partial charge is 0.291 e.